The third-order valence-electron chi connectivity index (χ3n) is 3.61. The molecule has 0 aromatic heterocycles. The standard InChI is InChI=1S/C18H14O3/c1-11-6-8-12(9-7-11)15-10-16(18(20)21)17(19)14-5-3-2-4-13(14)15/h2-10,19H,1H3,(H,20,21). The largest absolute Gasteiger partial charge is 0.506 e. The van der Waals surface area contributed by atoms with Crippen molar-refractivity contribution in [1.82, 2.24) is 0 Å². The lowest BCUT2D eigenvalue weighted by atomic mass is 9.94. The molecule has 0 amide bonds. The highest BCUT2D eigenvalue weighted by Crippen LogP contribution is 2.36. The van der Waals surface area contributed by atoms with Crippen molar-refractivity contribution in [2.24, 2.45) is 0 Å². The zero-order chi connectivity index (χ0) is 15.0. The number of hydrogen-bond acceptors (Lipinski definition) is 2. The van der Waals surface area contributed by atoms with Crippen molar-refractivity contribution in [2.45, 2.75) is 6.92 Å². The molecule has 2 N–H and O–H groups in total. The third-order valence-corrected chi connectivity index (χ3v) is 3.61. The maximum atomic E-state index is 11.3. The highest BCUT2D eigenvalue weighted by molar-refractivity contribution is 6.07. The molecule has 3 rings (SSSR count). The molecule has 0 bridgehead atoms. The summed E-state index contributed by atoms with van der Waals surface area (Å²) in [5, 5.41) is 20.8. The van der Waals surface area contributed by atoms with Crippen LogP contribution in [0.4, 0.5) is 0 Å². The van der Waals surface area contributed by atoms with Gasteiger partial charge in [-0.2, -0.15) is 0 Å². The molecule has 0 saturated heterocycles. The Morgan fingerprint density at radius 3 is 2.19 bits per heavy atom. The van der Waals surface area contributed by atoms with Gasteiger partial charge in [-0.3, -0.25) is 0 Å². The van der Waals surface area contributed by atoms with Crippen molar-refractivity contribution in [3.63, 3.8) is 0 Å². The average Bonchev–Trinajstić information content (AvgIpc) is 2.49. The molecule has 21 heavy (non-hydrogen) atoms. The molecule has 0 spiro atoms. The van der Waals surface area contributed by atoms with E-state index in [-0.39, 0.29) is 11.3 Å². The minimum Gasteiger partial charge on any atom is -0.506 e. The lowest BCUT2D eigenvalue weighted by Gasteiger charge is -2.11. The molecular weight excluding hydrogens is 264 g/mol. The first-order chi connectivity index (χ1) is 10.1. The van der Waals surface area contributed by atoms with Gasteiger partial charge in [0.25, 0.3) is 0 Å². The first-order valence-corrected chi connectivity index (χ1v) is 6.63. The van der Waals surface area contributed by atoms with Crippen molar-refractivity contribution < 1.29 is 15.0 Å². The van der Waals surface area contributed by atoms with Crippen LogP contribution in [0.2, 0.25) is 0 Å². The number of carbonyl (C=O) groups is 1. The molecule has 3 aromatic rings. The fourth-order valence-corrected chi connectivity index (χ4v) is 2.49. The van der Waals surface area contributed by atoms with Crippen LogP contribution < -0.4 is 0 Å². The van der Waals surface area contributed by atoms with Crippen LogP contribution in [0.5, 0.6) is 5.75 Å². The number of carboxylic acids is 1. The number of hydrogen-bond donors (Lipinski definition) is 2. The van der Waals surface area contributed by atoms with Crippen LogP contribution in [-0.2, 0) is 0 Å². The second kappa shape index (κ2) is 4.94. The summed E-state index contributed by atoms with van der Waals surface area (Å²) in [5.41, 5.74) is 2.80. The number of fused-ring (bicyclic) bond motifs is 1. The van der Waals surface area contributed by atoms with Crippen molar-refractivity contribution in [3.05, 3.63) is 65.7 Å². The van der Waals surface area contributed by atoms with Crippen molar-refractivity contribution in [3.8, 4) is 16.9 Å². The molecule has 0 saturated carbocycles. The van der Waals surface area contributed by atoms with Gasteiger partial charge in [0.1, 0.15) is 11.3 Å². The van der Waals surface area contributed by atoms with Gasteiger partial charge in [0.2, 0.25) is 0 Å². The van der Waals surface area contributed by atoms with E-state index in [2.05, 4.69) is 0 Å². The summed E-state index contributed by atoms with van der Waals surface area (Å²) < 4.78 is 0. The fourth-order valence-electron chi connectivity index (χ4n) is 2.49. The van der Waals surface area contributed by atoms with Gasteiger partial charge in [-0.1, -0.05) is 54.1 Å². The third kappa shape index (κ3) is 2.23. The Balaban J connectivity index is 2.38. The van der Waals surface area contributed by atoms with E-state index in [4.69, 9.17) is 0 Å². The highest BCUT2D eigenvalue weighted by atomic mass is 16.4. The minimum absolute atomic E-state index is 0.0794. The highest BCUT2D eigenvalue weighted by Gasteiger charge is 2.16. The number of aryl methyl sites for hydroxylation is 1. The molecule has 3 aromatic carbocycles. The van der Waals surface area contributed by atoms with Crippen LogP contribution in [-0.4, -0.2) is 16.2 Å². The Morgan fingerprint density at radius 1 is 0.952 bits per heavy atom. The summed E-state index contributed by atoms with van der Waals surface area (Å²) >= 11 is 0. The van der Waals surface area contributed by atoms with Crippen molar-refractivity contribution in [2.75, 3.05) is 0 Å². The summed E-state index contributed by atoms with van der Waals surface area (Å²) in [6.07, 6.45) is 0. The van der Waals surface area contributed by atoms with E-state index < -0.39 is 5.97 Å². The summed E-state index contributed by atoms with van der Waals surface area (Å²) in [6.45, 7) is 2.00. The Bertz CT molecular complexity index is 833. The maximum absolute atomic E-state index is 11.3. The molecule has 0 aliphatic carbocycles. The Labute approximate surface area is 122 Å². The molecule has 3 nitrogen and oxygen atoms in total. The SMILES string of the molecule is Cc1ccc(-c2cc(C(=O)O)c(O)c3ccccc23)cc1. The van der Waals surface area contributed by atoms with Gasteiger partial charge in [-0.25, -0.2) is 4.79 Å². The molecule has 0 atom stereocenters. The van der Waals surface area contributed by atoms with E-state index in [9.17, 15) is 15.0 Å². The van der Waals surface area contributed by atoms with Gasteiger partial charge >= 0.3 is 5.97 Å². The minimum atomic E-state index is -1.13. The van der Waals surface area contributed by atoms with E-state index in [1.807, 2.05) is 43.3 Å². The van der Waals surface area contributed by atoms with Gasteiger partial charge in [-0.15, -0.1) is 0 Å². The Hall–Kier alpha value is -2.81. The number of aromatic carboxylic acids is 1. The number of rotatable bonds is 2. The van der Waals surface area contributed by atoms with Gasteiger partial charge in [0.15, 0.2) is 0 Å². The van der Waals surface area contributed by atoms with Crippen molar-refractivity contribution in [1.29, 1.82) is 0 Å². The number of carboxylic acid groups (broad SMARTS) is 1. The van der Waals surface area contributed by atoms with Crippen molar-refractivity contribution >= 4 is 16.7 Å². The molecule has 104 valence electrons. The lowest BCUT2D eigenvalue weighted by Crippen LogP contribution is -1.98. The smallest absolute Gasteiger partial charge is 0.339 e. The summed E-state index contributed by atoms with van der Waals surface area (Å²) in [4.78, 5) is 11.3. The van der Waals surface area contributed by atoms with Gasteiger partial charge in [-0.05, 0) is 29.5 Å². The lowest BCUT2D eigenvalue weighted by molar-refractivity contribution is 0.0694. The number of benzene rings is 3. The van der Waals surface area contributed by atoms with E-state index >= 15 is 0 Å². The molecule has 0 heterocycles. The number of phenols is 1. The van der Waals surface area contributed by atoms with E-state index in [0.29, 0.717) is 5.39 Å². The molecule has 0 aliphatic rings. The Morgan fingerprint density at radius 2 is 1.57 bits per heavy atom. The molecule has 0 unspecified atom stereocenters. The predicted octanol–water partition coefficient (Wildman–Crippen LogP) is 4.22. The van der Waals surface area contributed by atoms with Crippen LogP contribution in [0.1, 0.15) is 15.9 Å². The average molecular weight is 278 g/mol. The van der Waals surface area contributed by atoms with Crippen LogP contribution in [0.15, 0.2) is 54.6 Å². The monoisotopic (exact) mass is 278 g/mol. The van der Waals surface area contributed by atoms with Gasteiger partial charge in [0.05, 0.1) is 0 Å². The van der Waals surface area contributed by atoms with E-state index in [1.54, 1.807) is 12.1 Å². The normalized spacial score (nSPS) is 10.7. The molecule has 3 heteroatoms. The maximum Gasteiger partial charge on any atom is 0.339 e. The molecular formula is C18H14O3. The molecule has 0 radical (unpaired) electrons. The fraction of sp³-hybridized carbons (Fsp3) is 0.0556. The first kappa shape index (κ1) is 13.2. The topological polar surface area (TPSA) is 57.5 Å². The summed E-state index contributed by atoms with van der Waals surface area (Å²) in [7, 11) is 0. The summed E-state index contributed by atoms with van der Waals surface area (Å²) in [5.74, 6) is -1.32. The van der Waals surface area contributed by atoms with Crippen LogP contribution in [0.25, 0.3) is 21.9 Å². The predicted molar refractivity (Wildman–Crippen MR) is 82.7 cm³/mol. The van der Waals surface area contributed by atoms with Crippen LogP contribution >= 0.6 is 0 Å². The first-order valence-electron chi connectivity index (χ1n) is 6.63. The summed E-state index contributed by atoms with van der Waals surface area (Å²) in [6, 6.07) is 16.7. The molecule has 0 aliphatic heterocycles. The number of aromatic hydroxyl groups is 1. The van der Waals surface area contributed by atoms with E-state index in [0.717, 1.165) is 22.1 Å². The van der Waals surface area contributed by atoms with Crippen LogP contribution in [0.3, 0.4) is 0 Å². The molecule has 0 fully saturated rings. The van der Waals surface area contributed by atoms with Gasteiger partial charge in [0, 0.05) is 5.39 Å². The van der Waals surface area contributed by atoms with E-state index in [1.165, 1.54) is 6.07 Å². The van der Waals surface area contributed by atoms with Gasteiger partial charge < -0.3 is 10.2 Å². The van der Waals surface area contributed by atoms with Crippen LogP contribution in [0, 0.1) is 6.92 Å². The Kier molecular flexibility index (Phi) is 3.10. The zero-order valence-electron chi connectivity index (χ0n) is 11.5. The second-order valence-corrected chi connectivity index (χ2v) is 5.04. The second-order valence-electron chi connectivity index (χ2n) is 5.04. The zero-order valence-corrected chi connectivity index (χ0v) is 11.5. The quantitative estimate of drug-likeness (QED) is 0.738.